The predicted octanol–water partition coefficient (Wildman–Crippen LogP) is 4.62. The Morgan fingerprint density at radius 1 is 1.07 bits per heavy atom. The molecule has 1 atom stereocenters. The molecule has 1 amide bonds. The van der Waals surface area contributed by atoms with Crippen LogP contribution in [0.25, 0.3) is 4.96 Å². The lowest BCUT2D eigenvalue weighted by atomic mass is 9.95. The zero-order valence-corrected chi connectivity index (χ0v) is 18.3. The van der Waals surface area contributed by atoms with Gasteiger partial charge in [0.1, 0.15) is 0 Å². The Kier molecular flexibility index (Phi) is 5.86. The highest BCUT2D eigenvalue weighted by atomic mass is 32.1. The lowest BCUT2D eigenvalue weighted by molar-refractivity contribution is 0.0781. The lowest BCUT2D eigenvalue weighted by Gasteiger charge is -2.36. The molecule has 2 aliphatic rings. The first kappa shape index (κ1) is 19.8. The summed E-state index contributed by atoms with van der Waals surface area (Å²) in [7, 11) is 0. The van der Waals surface area contributed by atoms with Gasteiger partial charge in [-0.1, -0.05) is 36.8 Å². The van der Waals surface area contributed by atoms with Crippen molar-refractivity contribution >= 4 is 22.2 Å². The van der Waals surface area contributed by atoms with Crippen molar-refractivity contribution in [3.05, 3.63) is 58.9 Å². The largest absolute Gasteiger partial charge is 0.337 e. The molecule has 2 fully saturated rings. The number of rotatable bonds is 6. The number of hydrogen-bond acceptors (Lipinski definition) is 4. The van der Waals surface area contributed by atoms with Crippen LogP contribution in [-0.4, -0.2) is 50.8 Å². The van der Waals surface area contributed by atoms with Gasteiger partial charge in [0.25, 0.3) is 5.91 Å². The van der Waals surface area contributed by atoms with Crippen molar-refractivity contribution in [2.75, 3.05) is 19.6 Å². The maximum Gasteiger partial charge on any atom is 0.274 e. The molecule has 0 bridgehead atoms. The maximum atomic E-state index is 13.2. The highest BCUT2D eigenvalue weighted by Gasteiger charge is 2.29. The molecule has 0 spiro atoms. The molecule has 5 rings (SSSR count). The van der Waals surface area contributed by atoms with Crippen molar-refractivity contribution in [1.29, 1.82) is 0 Å². The number of aromatic nitrogens is 2. The summed E-state index contributed by atoms with van der Waals surface area (Å²) in [6, 6.07) is 11.4. The molecule has 2 aliphatic heterocycles. The quantitative estimate of drug-likeness (QED) is 0.582. The maximum absolute atomic E-state index is 13.2. The number of carbonyl (C=O) groups excluding carboxylic acids is 1. The molecule has 2 saturated heterocycles. The number of benzene rings is 1. The smallest absolute Gasteiger partial charge is 0.274 e. The van der Waals surface area contributed by atoms with Gasteiger partial charge in [-0.3, -0.25) is 14.1 Å². The topological polar surface area (TPSA) is 40.9 Å². The van der Waals surface area contributed by atoms with E-state index in [0.29, 0.717) is 11.7 Å². The molecule has 1 aromatic carbocycles. The van der Waals surface area contributed by atoms with Gasteiger partial charge in [-0.15, -0.1) is 11.3 Å². The Bertz CT molecular complexity index is 989. The molecule has 0 saturated carbocycles. The predicted molar refractivity (Wildman–Crippen MR) is 121 cm³/mol. The highest BCUT2D eigenvalue weighted by molar-refractivity contribution is 7.15. The number of fused-ring (bicyclic) bond motifs is 1. The molecule has 6 heteroatoms. The van der Waals surface area contributed by atoms with Crippen molar-refractivity contribution in [3.63, 3.8) is 0 Å². The number of piperidine rings is 1. The van der Waals surface area contributed by atoms with Crippen molar-refractivity contribution in [1.82, 2.24) is 19.2 Å². The number of imidazole rings is 1. The van der Waals surface area contributed by atoms with Crippen LogP contribution < -0.4 is 0 Å². The summed E-state index contributed by atoms with van der Waals surface area (Å²) in [5, 5.41) is 2.07. The standard InChI is InChI=1S/C24H30N4OS/c29-23(26-13-6-7-14-26)22-21(28-16-17-30-24(28)25-22)18-27-15-5-4-10-20(27)12-11-19-8-2-1-3-9-19/h1-3,8-9,16-17,20H,4-7,10-15,18H2/t20-/m0/s1. The zero-order valence-electron chi connectivity index (χ0n) is 17.5. The van der Waals surface area contributed by atoms with Crippen molar-refractivity contribution in [2.24, 2.45) is 0 Å². The van der Waals surface area contributed by atoms with Gasteiger partial charge in [-0.05, 0) is 50.6 Å². The van der Waals surface area contributed by atoms with Crippen LogP contribution in [0.1, 0.15) is 60.3 Å². The van der Waals surface area contributed by atoms with Crippen LogP contribution in [0.4, 0.5) is 0 Å². The molecule has 0 unspecified atom stereocenters. The third kappa shape index (κ3) is 4.03. The molecule has 2 aromatic heterocycles. The second-order valence-electron chi connectivity index (χ2n) is 8.61. The number of carbonyl (C=O) groups is 1. The minimum Gasteiger partial charge on any atom is -0.337 e. The van der Waals surface area contributed by atoms with E-state index >= 15 is 0 Å². The lowest BCUT2D eigenvalue weighted by Crippen LogP contribution is -2.40. The van der Waals surface area contributed by atoms with E-state index in [0.717, 1.165) is 56.1 Å². The Labute approximate surface area is 182 Å². The fourth-order valence-electron chi connectivity index (χ4n) is 4.99. The van der Waals surface area contributed by atoms with Crippen molar-refractivity contribution in [3.8, 4) is 0 Å². The summed E-state index contributed by atoms with van der Waals surface area (Å²) in [5.41, 5.74) is 3.17. The van der Waals surface area contributed by atoms with E-state index in [4.69, 9.17) is 4.98 Å². The molecular weight excluding hydrogens is 392 g/mol. The fraction of sp³-hybridized carbons (Fsp3) is 0.500. The molecule has 30 heavy (non-hydrogen) atoms. The summed E-state index contributed by atoms with van der Waals surface area (Å²) in [4.78, 5) is 23.5. The minimum atomic E-state index is 0.122. The minimum absolute atomic E-state index is 0.122. The van der Waals surface area contributed by atoms with E-state index in [1.807, 2.05) is 4.90 Å². The fourth-order valence-corrected chi connectivity index (χ4v) is 5.72. The molecular formula is C24H30N4OS. The first-order valence-electron chi connectivity index (χ1n) is 11.3. The monoisotopic (exact) mass is 422 g/mol. The normalized spacial score (nSPS) is 20.3. The van der Waals surface area contributed by atoms with E-state index in [9.17, 15) is 4.79 Å². The second-order valence-corrected chi connectivity index (χ2v) is 9.48. The summed E-state index contributed by atoms with van der Waals surface area (Å²) in [5.74, 6) is 0.122. The van der Waals surface area contributed by atoms with Gasteiger partial charge in [0.15, 0.2) is 10.7 Å². The molecule has 0 radical (unpaired) electrons. The van der Waals surface area contributed by atoms with Crippen molar-refractivity contribution < 1.29 is 4.79 Å². The van der Waals surface area contributed by atoms with E-state index in [-0.39, 0.29) is 5.91 Å². The van der Waals surface area contributed by atoms with Gasteiger partial charge in [-0.2, -0.15) is 0 Å². The Hall–Kier alpha value is -2.18. The van der Waals surface area contributed by atoms with Gasteiger partial charge in [-0.25, -0.2) is 4.98 Å². The van der Waals surface area contributed by atoms with Crippen LogP contribution in [0.3, 0.4) is 0 Å². The number of aryl methyl sites for hydroxylation is 1. The summed E-state index contributed by atoms with van der Waals surface area (Å²) < 4.78 is 2.15. The first-order valence-corrected chi connectivity index (χ1v) is 12.2. The SMILES string of the molecule is O=C(c1nc2sccn2c1CN1CCCC[C@H]1CCc1ccccc1)N1CCCC1. The van der Waals surface area contributed by atoms with E-state index in [1.54, 1.807) is 11.3 Å². The number of hydrogen-bond donors (Lipinski definition) is 0. The molecule has 4 heterocycles. The third-order valence-electron chi connectivity index (χ3n) is 6.67. The van der Waals surface area contributed by atoms with E-state index in [1.165, 1.54) is 31.2 Å². The number of thiazole rings is 1. The molecule has 5 nitrogen and oxygen atoms in total. The molecule has 0 aliphatic carbocycles. The first-order chi connectivity index (χ1) is 14.8. The summed E-state index contributed by atoms with van der Waals surface area (Å²) in [6.07, 6.45) is 10.4. The third-order valence-corrected chi connectivity index (χ3v) is 7.42. The summed E-state index contributed by atoms with van der Waals surface area (Å²) >= 11 is 1.62. The van der Waals surface area contributed by atoms with E-state index in [2.05, 4.69) is 51.2 Å². The highest BCUT2D eigenvalue weighted by Crippen LogP contribution is 2.27. The van der Waals surface area contributed by atoms with Gasteiger partial charge in [0.05, 0.1) is 5.69 Å². The number of nitrogens with zero attached hydrogens (tertiary/aromatic N) is 4. The number of likely N-dealkylation sites (tertiary alicyclic amines) is 2. The average Bonchev–Trinajstić information content (AvgIpc) is 3.53. The summed E-state index contributed by atoms with van der Waals surface area (Å²) in [6.45, 7) is 3.65. The van der Waals surface area contributed by atoms with Crippen LogP contribution in [-0.2, 0) is 13.0 Å². The van der Waals surface area contributed by atoms with Gasteiger partial charge in [0.2, 0.25) is 0 Å². The van der Waals surface area contributed by atoms with Crippen LogP contribution in [0, 0.1) is 0 Å². The Morgan fingerprint density at radius 2 is 1.87 bits per heavy atom. The van der Waals surface area contributed by atoms with Gasteiger partial charge >= 0.3 is 0 Å². The number of amides is 1. The second kappa shape index (κ2) is 8.90. The molecule has 0 N–H and O–H groups in total. The van der Waals surface area contributed by atoms with Gasteiger partial charge < -0.3 is 4.90 Å². The van der Waals surface area contributed by atoms with Crippen LogP contribution in [0.5, 0.6) is 0 Å². The van der Waals surface area contributed by atoms with Crippen LogP contribution in [0.2, 0.25) is 0 Å². The molecule has 3 aromatic rings. The Balaban J connectivity index is 1.37. The Morgan fingerprint density at radius 3 is 2.70 bits per heavy atom. The van der Waals surface area contributed by atoms with Crippen molar-refractivity contribution in [2.45, 2.75) is 57.5 Å². The zero-order chi connectivity index (χ0) is 20.3. The van der Waals surface area contributed by atoms with E-state index < -0.39 is 0 Å². The van der Waals surface area contributed by atoms with Crippen LogP contribution >= 0.6 is 11.3 Å². The van der Waals surface area contributed by atoms with Gasteiger partial charge in [0, 0.05) is 37.3 Å². The average molecular weight is 423 g/mol. The van der Waals surface area contributed by atoms with Crippen LogP contribution in [0.15, 0.2) is 41.9 Å². The molecule has 158 valence electrons.